The Kier molecular flexibility index (Phi) is 5.63. The van der Waals surface area contributed by atoms with Crippen LogP contribution in [-0.4, -0.2) is 59.6 Å². The van der Waals surface area contributed by atoms with E-state index in [1.807, 2.05) is 60.7 Å². The number of rotatable bonds is 5. The van der Waals surface area contributed by atoms with Crippen molar-refractivity contribution in [1.29, 1.82) is 0 Å². The van der Waals surface area contributed by atoms with Crippen molar-refractivity contribution in [3.05, 3.63) is 107 Å². The minimum absolute atomic E-state index is 0.141. The van der Waals surface area contributed by atoms with Gasteiger partial charge in [0.1, 0.15) is 5.75 Å². The first-order valence-electron chi connectivity index (χ1n) is 12.3. The zero-order valence-corrected chi connectivity index (χ0v) is 20.2. The van der Waals surface area contributed by atoms with E-state index in [2.05, 4.69) is 20.9 Å². The first-order chi connectivity index (χ1) is 17.6. The summed E-state index contributed by atoms with van der Waals surface area (Å²) in [5.74, 6) is 0.589. The summed E-state index contributed by atoms with van der Waals surface area (Å²) < 4.78 is 5.54. The van der Waals surface area contributed by atoms with Gasteiger partial charge in [0.2, 0.25) is 0 Å². The normalized spacial score (nSPS) is 17.9. The molecule has 6 rings (SSSR count). The second-order valence-electron chi connectivity index (χ2n) is 9.36. The van der Waals surface area contributed by atoms with Crippen LogP contribution in [0.3, 0.4) is 0 Å². The van der Waals surface area contributed by atoms with E-state index in [1.165, 1.54) is 0 Å². The summed E-state index contributed by atoms with van der Waals surface area (Å²) in [7, 11) is 1.69. The lowest BCUT2D eigenvalue weighted by Crippen LogP contribution is -2.60. The topological polar surface area (TPSA) is 62.7 Å². The van der Waals surface area contributed by atoms with Gasteiger partial charge < -0.3 is 4.74 Å². The number of Topliss-reactive ketones (excluding diaryl/α,β-unsaturated/α-hetero) is 2. The fourth-order valence-corrected chi connectivity index (χ4v) is 5.80. The van der Waals surface area contributed by atoms with Crippen molar-refractivity contribution in [2.24, 2.45) is 0 Å². The number of fused-ring (bicyclic) bond motifs is 2. The summed E-state index contributed by atoms with van der Waals surface area (Å²) in [6.07, 6.45) is 1.71. The van der Waals surface area contributed by atoms with Crippen molar-refractivity contribution in [2.45, 2.75) is 12.1 Å². The van der Waals surface area contributed by atoms with Gasteiger partial charge in [0.05, 0.1) is 12.6 Å². The highest BCUT2D eigenvalue weighted by atomic mass is 16.5. The summed E-state index contributed by atoms with van der Waals surface area (Å²) in [6.45, 7) is 3.42. The van der Waals surface area contributed by atoms with Crippen molar-refractivity contribution < 1.29 is 14.3 Å². The molecule has 2 heterocycles. The van der Waals surface area contributed by atoms with Gasteiger partial charge in [-0.2, -0.15) is 0 Å². The van der Waals surface area contributed by atoms with Crippen LogP contribution in [-0.2, 0) is 12.1 Å². The molecule has 0 radical (unpaired) electrons. The van der Waals surface area contributed by atoms with E-state index in [1.54, 1.807) is 25.4 Å². The Balaban J connectivity index is 1.39. The van der Waals surface area contributed by atoms with Crippen molar-refractivity contribution >= 4 is 22.5 Å². The number of ether oxygens (including phenoxy) is 1. The molecule has 0 spiro atoms. The molecule has 6 heteroatoms. The van der Waals surface area contributed by atoms with E-state index in [0.29, 0.717) is 24.2 Å². The number of hydrogen-bond donors (Lipinski definition) is 0. The second-order valence-corrected chi connectivity index (χ2v) is 9.36. The van der Waals surface area contributed by atoms with E-state index in [0.717, 1.165) is 47.4 Å². The Bertz CT molecular complexity index is 1430. The van der Waals surface area contributed by atoms with Crippen LogP contribution in [0.5, 0.6) is 5.75 Å². The quantitative estimate of drug-likeness (QED) is 0.399. The van der Waals surface area contributed by atoms with Crippen LogP contribution in [0.2, 0.25) is 0 Å². The molecular weight excluding hydrogens is 450 g/mol. The Morgan fingerprint density at radius 3 is 2.17 bits per heavy atom. The smallest absolute Gasteiger partial charge is 0.196 e. The molecule has 0 N–H and O–H groups in total. The minimum atomic E-state index is -1.39. The maximum Gasteiger partial charge on any atom is 0.196 e. The molecule has 2 aliphatic rings. The number of pyridine rings is 1. The van der Waals surface area contributed by atoms with E-state index in [-0.39, 0.29) is 11.6 Å². The fourth-order valence-electron chi connectivity index (χ4n) is 5.80. The number of carbonyl (C=O) groups is 2. The van der Waals surface area contributed by atoms with Gasteiger partial charge in [-0.15, -0.1) is 0 Å². The lowest BCUT2D eigenvalue weighted by atomic mass is 9.80. The average Bonchev–Trinajstić information content (AvgIpc) is 3.16. The number of nitrogens with zero attached hydrogens (tertiary/aromatic N) is 3. The molecule has 1 saturated heterocycles. The van der Waals surface area contributed by atoms with Crippen LogP contribution >= 0.6 is 0 Å². The first kappa shape index (κ1) is 22.6. The number of aromatic nitrogens is 1. The van der Waals surface area contributed by atoms with Gasteiger partial charge in [-0.25, -0.2) is 0 Å². The molecular formula is C30H27N3O3. The molecule has 3 aromatic carbocycles. The van der Waals surface area contributed by atoms with Crippen molar-refractivity contribution in [3.8, 4) is 5.75 Å². The van der Waals surface area contributed by atoms with E-state index < -0.39 is 5.54 Å². The minimum Gasteiger partial charge on any atom is -0.496 e. The molecule has 0 amide bonds. The third-order valence-electron chi connectivity index (χ3n) is 7.55. The third-order valence-corrected chi connectivity index (χ3v) is 7.55. The third kappa shape index (κ3) is 3.37. The van der Waals surface area contributed by atoms with Crippen LogP contribution in [0, 0.1) is 0 Å². The molecule has 6 nitrogen and oxygen atoms in total. The summed E-state index contributed by atoms with van der Waals surface area (Å²) in [5, 5.41) is 0.839. The van der Waals surface area contributed by atoms with E-state index in [4.69, 9.17) is 4.74 Å². The molecule has 1 fully saturated rings. The Labute approximate surface area is 210 Å². The number of methoxy groups -OCH3 is 1. The first-order valence-corrected chi connectivity index (χ1v) is 12.3. The predicted molar refractivity (Wildman–Crippen MR) is 138 cm³/mol. The number of para-hydroxylation sites is 2. The van der Waals surface area contributed by atoms with Gasteiger partial charge in [0.25, 0.3) is 0 Å². The number of ketones is 2. The summed E-state index contributed by atoms with van der Waals surface area (Å²) >= 11 is 0. The lowest BCUT2D eigenvalue weighted by molar-refractivity contribution is 0.0282. The highest BCUT2D eigenvalue weighted by molar-refractivity contribution is 6.33. The van der Waals surface area contributed by atoms with Crippen molar-refractivity contribution in [2.75, 3.05) is 33.3 Å². The molecule has 0 saturated carbocycles. The van der Waals surface area contributed by atoms with Crippen LogP contribution in [0.15, 0.2) is 85.1 Å². The number of carbonyl (C=O) groups excluding carboxylic acids is 2. The zero-order chi connectivity index (χ0) is 24.7. The largest absolute Gasteiger partial charge is 0.496 e. The van der Waals surface area contributed by atoms with Crippen LogP contribution in [0.4, 0.5) is 0 Å². The highest BCUT2D eigenvalue weighted by Gasteiger charge is 2.58. The number of hydrogen-bond acceptors (Lipinski definition) is 6. The monoisotopic (exact) mass is 477 g/mol. The Morgan fingerprint density at radius 1 is 0.806 bits per heavy atom. The van der Waals surface area contributed by atoms with Gasteiger partial charge in [0.15, 0.2) is 17.1 Å². The molecule has 0 atom stereocenters. The van der Waals surface area contributed by atoms with Crippen molar-refractivity contribution in [1.82, 2.24) is 14.8 Å². The van der Waals surface area contributed by atoms with E-state index >= 15 is 0 Å². The van der Waals surface area contributed by atoms with Crippen molar-refractivity contribution in [3.63, 3.8) is 0 Å². The maximum atomic E-state index is 14.2. The molecule has 1 aliphatic carbocycles. The number of piperazine rings is 1. The lowest BCUT2D eigenvalue weighted by Gasteiger charge is -2.44. The van der Waals surface area contributed by atoms with Gasteiger partial charge in [-0.3, -0.25) is 24.4 Å². The highest BCUT2D eigenvalue weighted by Crippen LogP contribution is 2.45. The van der Waals surface area contributed by atoms with Gasteiger partial charge in [0, 0.05) is 61.0 Å². The SMILES string of the molecule is COc1ccccc1CN1CCN(C2(c3ccnc4ccccc34)C(=O)c3ccccc3C2=O)CC1. The molecule has 36 heavy (non-hydrogen) atoms. The Morgan fingerprint density at radius 2 is 1.44 bits per heavy atom. The fraction of sp³-hybridized carbons (Fsp3) is 0.233. The van der Waals surface area contributed by atoms with Gasteiger partial charge in [-0.05, 0) is 23.8 Å². The molecule has 4 aromatic rings. The van der Waals surface area contributed by atoms with Crippen LogP contribution in [0.1, 0.15) is 31.8 Å². The standard InChI is InChI=1S/C30H27N3O3/c1-36-27-13-7-2-8-21(27)20-32-16-18-33(19-17-32)30(25-14-15-31-26-12-6-5-11-24(25)26)28(34)22-9-3-4-10-23(22)29(30)35/h2-15H,16-20H2,1H3. The number of benzene rings is 3. The van der Waals surface area contributed by atoms with Crippen LogP contribution < -0.4 is 4.74 Å². The molecule has 1 aliphatic heterocycles. The summed E-state index contributed by atoms with van der Waals surface area (Å²) in [6, 6.07) is 24.9. The molecule has 180 valence electrons. The zero-order valence-electron chi connectivity index (χ0n) is 20.2. The summed E-state index contributed by atoms with van der Waals surface area (Å²) in [5.41, 5.74) is 2.24. The predicted octanol–water partition coefficient (Wildman–Crippen LogP) is 4.34. The van der Waals surface area contributed by atoms with Gasteiger partial charge >= 0.3 is 0 Å². The summed E-state index contributed by atoms with van der Waals surface area (Å²) in [4.78, 5) is 37.4. The van der Waals surface area contributed by atoms with E-state index in [9.17, 15) is 9.59 Å². The maximum absolute atomic E-state index is 14.2. The Hall–Kier alpha value is -3.87. The average molecular weight is 478 g/mol. The second kappa shape index (κ2) is 8.97. The molecule has 1 aromatic heterocycles. The van der Waals surface area contributed by atoms with Gasteiger partial charge in [-0.1, -0.05) is 60.7 Å². The molecule has 0 unspecified atom stereocenters. The van der Waals surface area contributed by atoms with Crippen LogP contribution in [0.25, 0.3) is 10.9 Å². The molecule has 0 bridgehead atoms.